The van der Waals surface area contributed by atoms with E-state index in [1.54, 1.807) is 0 Å². The first-order valence-electron chi connectivity index (χ1n) is 8.74. The molecule has 0 spiro atoms. The zero-order chi connectivity index (χ0) is 18.0. The molecule has 7 nitrogen and oxygen atoms in total. The Bertz CT molecular complexity index is 659. The van der Waals surface area contributed by atoms with Crippen molar-refractivity contribution in [3.8, 4) is 0 Å². The molecule has 0 saturated carbocycles. The fraction of sp³-hybridized carbons (Fsp3) is 0.556. The molecule has 2 saturated heterocycles. The van der Waals surface area contributed by atoms with E-state index in [2.05, 4.69) is 16.0 Å². The summed E-state index contributed by atoms with van der Waals surface area (Å²) in [6, 6.07) is 5.53. The van der Waals surface area contributed by atoms with Crippen LogP contribution in [0.1, 0.15) is 5.56 Å². The van der Waals surface area contributed by atoms with Crippen molar-refractivity contribution in [1.82, 2.24) is 15.1 Å². The number of benzene rings is 1. The summed E-state index contributed by atoms with van der Waals surface area (Å²) in [5.41, 5.74) is 2.39. The molecule has 0 aliphatic carbocycles. The molecule has 0 unspecified atom stereocenters. The van der Waals surface area contributed by atoms with Gasteiger partial charge in [0.25, 0.3) is 0 Å². The van der Waals surface area contributed by atoms with Crippen LogP contribution in [-0.2, 0) is 4.79 Å². The van der Waals surface area contributed by atoms with Crippen LogP contribution >= 0.6 is 24.8 Å². The largest absolute Gasteiger partial charge is 0.325 e. The SMILES string of the molecule is Cc1ccc(NC(=O)N2C[C@H]3CNC[C@H]3C2)cc1NC(=O)CN(C)C.Cl.Cl. The summed E-state index contributed by atoms with van der Waals surface area (Å²) in [5.74, 6) is 1.07. The van der Waals surface area contributed by atoms with Crippen LogP contribution in [0.4, 0.5) is 16.2 Å². The smallest absolute Gasteiger partial charge is 0.321 e. The van der Waals surface area contributed by atoms with Gasteiger partial charge in [-0.1, -0.05) is 6.07 Å². The summed E-state index contributed by atoms with van der Waals surface area (Å²) in [7, 11) is 3.70. The second-order valence-electron chi connectivity index (χ2n) is 7.33. The Morgan fingerprint density at radius 3 is 2.37 bits per heavy atom. The van der Waals surface area contributed by atoms with Crippen molar-refractivity contribution >= 4 is 48.1 Å². The normalized spacial score (nSPS) is 20.5. The third-order valence-corrected chi connectivity index (χ3v) is 4.90. The maximum Gasteiger partial charge on any atom is 0.321 e. The molecule has 2 aliphatic rings. The molecule has 1 aromatic rings. The van der Waals surface area contributed by atoms with Crippen molar-refractivity contribution in [2.24, 2.45) is 11.8 Å². The van der Waals surface area contributed by atoms with E-state index in [0.717, 1.165) is 37.4 Å². The zero-order valence-corrected chi connectivity index (χ0v) is 17.6. The molecule has 3 amide bonds. The summed E-state index contributed by atoms with van der Waals surface area (Å²) >= 11 is 0. The standard InChI is InChI=1S/C18H27N5O2.2ClH/c1-12-4-5-15(6-16(12)21-17(24)11-22(2)3)20-18(25)23-9-13-7-19-8-14(13)10-23;;/h4-6,13-14,19H,7-11H2,1-3H3,(H,20,25)(H,21,24);2*1H/t13-,14+;;. The van der Waals surface area contributed by atoms with Crippen molar-refractivity contribution in [1.29, 1.82) is 0 Å². The summed E-state index contributed by atoms with van der Waals surface area (Å²) < 4.78 is 0. The first-order valence-corrected chi connectivity index (χ1v) is 8.74. The Morgan fingerprint density at radius 1 is 1.15 bits per heavy atom. The number of nitrogens with one attached hydrogen (secondary N) is 3. The first-order chi connectivity index (χ1) is 11.9. The van der Waals surface area contributed by atoms with E-state index in [-0.39, 0.29) is 36.8 Å². The van der Waals surface area contributed by atoms with Crippen LogP contribution in [0.3, 0.4) is 0 Å². The number of halogens is 2. The minimum absolute atomic E-state index is 0. The van der Waals surface area contributed by atoms with Crippen molar-refractivity contribution in [2.45, 2.75) is 6.92 Å². The average Bonchev–Trinajstić information content (AvgIpc) is 3.11. The van der Waals surface area contributed by atoms with E-state index in [1.807, 2.05) is 49.0 Å². The minimum atomic E-state index is -0.0727. The van der Waals surface area contributed by atoms with Crippen LogP contribution in [-0.4, -0.2) is 68.6 Å². The van der Waals surface area contributed by atoms with Crippen LogP contribution in [0.5, 0.6) is 0 Å². The van der Waals surface area contributed by atoms with E-state index >= 15 is 0 Å². The fourth-order valence-corrected chi connectivity index (χ4v) is 3.54. The topological polar surface area (TPSA) is 76.7 Å². The third-order valence-electron chi connectivity index (χ3n) is 4.90. The Morgan fingerprint density at radius 2 is 1.78 bits per heavy atom. The van der Waals surface area contributed by atoms with Crippen molar-refractivity contribution in [2.75, 3.05) is 57.5 Å². The third kappa shape index (κ3) is 5.97. The van der Waals surface area contributed by atoms with E-state index in [0.29, 0.717) is 24.1 Å². The molecule has 3 N–H and O–H groups in total. The van der Waals surface area contributed by atoms with Gasteiger partial charge >= 0.3 is 6.03 Å². The molecule has 2 aliphatic heterocycles. The average molecular weight is 418 g/mol. The van der Waals surface area contributed by atoms with Gasteiger partial charge in [0.1, 0.15) is 0 Å². The van der Waals surface area contributed by atoms with Crippen LogP contribution in [0, 0.1) is 18.8 Å². The monoisotopic (exact) mass is 417 g/mol. The van der Waals surface area contributed by atoms with E-state index in [4.69, 9.17) is 0 Å². The second-order valence-corrected chi connectivity index (χ2v) is 7.33. The molecule has 9 heteroatoms. The van der Waals surface area contributed by atoms with Crippen LogP contribution in [0.2, 0.25) is 0 Å². The number of carbonyl (C=O) groups is 2. The van der Waals surface area contributed by atoms with Crippen molar-refractivity contribution < 1.29 is 9.59 Å². The van der Waals surface area contributed by atoms with Gasteiger partial charge in [-0.3, -0.25) is 4.79 Å². The number of hydrogen-bond acceptors (Lipinski definition) is 4. The number of hydrogen-bond donors (Lipinski definition) is 3. The molecule has 1 aromatic carbocycles. The Balaban J connectivity index is 0.00000182. The quantitative estimate of drug-likeness (QED) is 0.700. The van der Waals surface area contributed by atoms with Crippen LogP contribution in [0.25, 0.3) is 0 Å². The van der Waals surface area contributed by atoms with Crippen LogP contribution < -0.4 is 16.0 Å². The number of amides is 3. The first kappa shape index (κ1) is 23.5. The zero-order valence-electron chi connectivity index (χ0n) is 15.9. The Labute approximate surface area is 173 Å². The number of nitrogens with zero attached hydrogens (tertiary/aromatic N) is 2. The summed E-state index contributed by atoms with van der Waals surface area (Å²) in [5, 5.41) is 9.24. The number of rotatable bonds is 4. The van der Waals surface area contributed by atoms with Gasteiger partial charge in [-0.05, 0) is 50.6 Å². The Hall–Kier alpha value is -1.54. The lowest BCUT2D eigenvalue weighted by molar-refractivity contribution is -0.116. The lowest BCUT2D eigenvalue weighted by Gasteiger charge is -2.19. The Kier molecular flexibility index (Phi) is 8.81. The number of likely N-dealkylation sites (N-methyl/N-ethyl adjacent to an activating group) is 1. The van der Waals surface area contributed by atoms with Crippen LogP contribution in [0.15, 0.2) is 18.2 Å². The lowest BCUT2D eigenvalue weighted by atomic mass is 10.0. The second kappa shape index (κ2) is 10.1. The molecule has 2 heterocycles. The minimum Gasteiger partial charge on any atom is -0.325 e. The lowest BCUT2D eigenvalue weighted by Crippen LogP contribution is -2.35. The van der Waals surface area contributed by atoms with Gasteiger partial charge < -0.3 is 25.8 Å². The van der Waals surface area contributed by atoms with Gasteiger partial charge in [0.15, 0.2) is 0 Å². The maximum atomic E-state index is 12.5. The van der Waals surface area contributed by atoms with Gasteiger partial charge in [-0.2, -0.15) is 0 Å². The molecular weight excluding hydrogens is 389 g/mol. The predicted molar refractivity (Wildman–Crippen MR) is 113 cm³/mol. The molecule has 2 fully saturated rings. The molecule has 2 atom stereocenters. The van der Waals surface area contributed by atoms with Gasteiger partial charge in [0.05, 0.1) is 6.54 Å². The number of aryl methyl sites for hydroxylation is 1. The van der Waals surface area contributed by atoms with Gasteiger partial charge in [-0.15, -0.1) is 24.8 Å². The number of urea groups is 1. The summed E-state index contributed by atoms with van der Waals surface area (Å²) in [6.45, 7) is 5.87. The van der Waals surface area contributed by atoms with Gasteiger partial charge in [-0.25, -0.2) is 4.79 Å². The summed E-state index contributed by atoms with van der Waals surface area (Å²) in [6.07, 6.45) is 0. The molecule has 3 rings (SSSR count). The molecular formula is C18H29Cl2N5O2. The highest BCUT2D eigenvalue weighted by Crippen LogP contribution is 2.27. The number of anilines is 2. The predicted octanol–water partition coefficient (Wildman–Crippen LogP) is 2.02. The molecule has 0 aromatic heterocycles. The van der Waals surface area contributed by atoms with E-state index in [9.17, 15) is 9.59 Å². The fourth-order valence-electron chi connectivity index (χ4n) is 3.54. The number of likely N-dealkylation sites (tertiary alicyclic amines) is 1. The number of fused-ring (bicyclic) bond motifs is 1. The molecule has 0 radical (unpaired) electrons. The van der Waals surface area contributed by atoms with E-state index < -0.39 is 0 Å². The highest BCUT2D eigenvalue weighted by Gasteiger charge is 2.38. The highest BCUT2D eigenvalue weighted by molar-refractivity contribution is 5.95. The van der Waals surface area contributed by atoms with Crippen molar-refractivity contribution in [3.05, 3.63) is 23.8 Å². The highest BCUT2D eigenvalue weighted by atomic mass is 35.5. The van der Waals surface area contributed by atoms with Crippen molar-refractivity contribution in [3.63, 3.8) is 0 Å². The molecule has 27 heavy (non-hydrogen) atoms. The molecule has 152 valence electrons. The van der Waals surface area contributed by atoms with Gasteiger partial charge in [0, 0.05) is 37.6 Å². The maximum absolute atomic E-state index is 12.5. The molecule has 0 bridgehead atoms. The van der Waals surface area contributed by atoms with Gasteiger partial charge in [0.2, 0.25) is 5.91 Å². The van der Waals surface area contributed by atoms with E-state index in [1.165, 1.54) is 0 Å². The number of carbonyl (C=O) groups excluding carboxylic acids is 2. The summed E-state index contributed by atoms with van der Waals surface area (Å²) in [4.78, 5) is 28.2.